The van der Waals surface area contributed by atoms with Crippen molar-refractivity contribution in [2.75, 3.05) is 0 Å². The number of benzene rings is 10. The molecule has 0 aliphatic carbocycles. The second-order valence-electron chi connectivity index (χ2n) is 19.5. The molecule has 10 aromatic carbocycles. The van der Waals surface area contributed by atoms with E-state index >= 15 is 0 Å². The van der Waals surface area contributed by atoms with Gasteiger partial charge < -0.3 is 4.57 Å². The number of nitrogens with zero attached hydrogens (tertiary/aromatic N) is 1. The summed E-state index contributed by atoms with van der Waals surface area (Å²) in [5, 5.41) is 18.7. The van der Waals surface area contributed by atoms with Crippen LogP contribution in [0.3, 0.4) is 0 Å². The third kappa shape index (κ3) is 4.11. The van der Waals surface area contributed by atoms with Gasteiger partial charge in [-0.05, 0) is 157 Å². The standard InChI is InChI=1S/C55H45N/c1-53(2,3)39-19-21-45-42(27-39)43-28-40(54(4,5)6)29-44-52(43)56(45)46-26-36-17-16-34-24-38(25-35-18-20-41(50(36)49(34)35)51(46)55(44,7)8)37-22-32-14-12-30-10-9-11-31-13-15-33(23-37)48(32)47(30)31/h9-29H,1-8H3. The Labute approximate surface area is 327 Å². The molecular weight excluding hydrogens is 675 g/mol. The molecular formula is C55H45N. The van der Waals surface area contributed by atoms with E-state index in [1.807, 2.05) is 0 Å². The largest absolute Gasteiger partial charge is 0.309 e. The van der Waals surface area contributed by atoms with Gasteiger partial charge in [0.05, 0.1) is 16.7 Å². The smallest absolute Gasteiger partial charge is 0.0582 e. The Hall–Kier alpha value is -5.92. The molecule has 1 aliphatic rings. The number of fused-ring (bicyclic) bond motifs is 6. The lowest BCUT2D eigenvalue weighted by molar-refractivity contribution is 0.583. The van der Waals surface area contributed by atoms with E-state index < -0.39 is 0 Å². The minimum absolute atomic E-state index is 0.0211. The molecule has 0 saturated carbocycles. The molecule has 0 unspecified atom stereocenters. The van der Waals surface area contributed by atoms with Crippen LogP contribution in [0, 0.1) is 0 Å². The highest BCUT2D eigenvalue weighted by Gasteiger charge is 2.38. The summed E-state index contributed by atoms with van der Waals surface area (Å²) in [7, 11) is 0. The fourth-order valence-corrected chi connectivity index (χ4v) is 10.7. The van der Waals surface area contributed by atoms with Gasteiger partial charge in [-0.3, -0.25) is 0 Å². The molecule has 2 heterocycles. The quantitative estimate of drug-likeness (QED) is 0.149. The van der Waals surface area contributed by atoms with E-state index in [-0.39, 0.29) is 16.2 Å². The molecule has 0 amide bonds. The number of hydrogen-bond donors (Lipinski definition) is 0. The summed E-state index contributed by atoms with van der Waals surface area (Å²) in [5.41, 5.74) is 12.0. The summed E-state index contributed by atoms with van der Waals surface area (Å²) < 4.78 is 2.61. The molecule has 1 aromatic heterocycles. The second-order valence-corrected chi connectivity index (χ2v) is 19.5. The topological polar surface area (TPSA) is 4.93 Å². The van der Waals surface area contributed by atoms with Crippen molar-refractivity contribution in [2.24, 2.45) is 0 Å². The fraction of sp³-hybridized carbons (Fsp3) is 0.200. The van der Waals surface area contributed by atoms with Crippen molar-refractivity contribution in [1.29, 1.82) is 0 Å². The third-order valence-corrected chi connectivity index (χ3v) is 13.6. The van der Waals surface area contributed by atoms with Crippen LogP contribution in [-0.4, -0.2) is 4.57 Å². The van der Waals surface area contributed by atoms with Gasteiger partial charge in [0.2, 0.25) is 0 Å². The normalized spacial score (nSPS) is 14.6. The molecule has 270 valence electrons. The van der Waals surface area contributed by atoms with Gasteiger partial charge in [0.1, 0.15) is 0 Å². The lowest BCUT2D eigenvalue weighted by atomic mass is 9.70. The van der Waals surface area contributed by atoms with E-state index in [9.17, 15) is 0 Å². The maximum Gasteiger partial charge on any atom is 0.0582 e. The molecule has 0 radical (unpaired) electrons. The number of rotatable bonds is 1. The van der Waals surface area contributed by atoms with Crippen LogP contribution in [0.15, 0.2) is 127 Å². The van der Waals surface area contributed by atoms with Crippen molar-refractivity contribution in [3.63, 3.8) is 0 Å². The molecule has 0 atom stereocenters. The molecule has 0 N–H and O–H groups in total. The van der Waals surface area contributed by atoms with Crippen LogP contribution in [-0.2, 0) is 16.2 Å². The number of hydrogen-bond acceptors (Lipinski definition) is 0. The van der Waals surface area contributed by atoms with Crippen molar-refractivity contribution in [3.8, 4) is 16.8 Å². The Bertz CT molecular complexity index is 3420. The first kappa shape index (κ1) is 32.3. The summed E-state index contributed by atoms with van der Waals surface area (Å²) in [6.07, 6.45) is 0. The molecule has 11 aromatic rings. The third-order valence-electron chi connectivity index (χ3n) is 13.6. The van der Waals surface area contributed by atoms with Crippen LogP contribution >= 0.6 is 0 Å². The van der Waals surface area contributed by atoms with E-state index in [0.717, 1.165) is 0 Å². The predicted molar refractivity (Wildman–Crippen MR) is 243 cm³/mol. The van der Waals surface area contributed by atoms with E-state index in [2.05, 4.69) is 187 Å². The van der Waals surface area contributed by atoms with Crippen molar-refractivity contribution in [1.82, 2.24) is 4.57 Å². The predicted octanol–water partition coefficient (Wildman–Crippen LogP) is 15.5. The summed E-state index contributed by atoms with van der Waals surface area (Å²) >= 11 is 0. The maximum absolute atomic E-state index is 2.61. The molecule has 0 fully saturated rings. The van der Waals surface area contributed by atoms with Crippen LogP contribution < -0.4 is 0 Å². The molecule has 12 rings (SSSR count). The SMILES string of the molecule is CC(C)(C)c1ccc2c(c1)c1cc(C(C)(C)C)cc3c1n2-c1cc2ccc4cc(-c5cc6ccc7cccc8ccc(c5)c6c78)cc5ccc(c1C3(C)C)c2c45. The van der Waals surface area contributed by atoms with Gasteiger partial charge in [-0.25, -0.2) is 0 Å². The van der Waals surface area contributed by atoms with Gasteiger partial charge in [-0.1, -0.05) is 134 Å². The van der Waals surface area contributed by atoms with Crippen LogP contribution in [0.5, 0.6) is 0 Å². The highest BCUT2D eigenvalue weighted by molar-refractivity contribution is 6.27. The monoisotopic (exact) mass is 719 g/mol. The zero-order valence-corrected chi connectivity index (χ0v) is 33.6. The van der Waals surface area contributed by atoms with Gasteiger partial charge in [-0.2, -0.15) is 0 Å². The highest BCUT2D eigenvalue weighted by Crippen LogP contribution is 2.53. The Balaban J connectivity index is 1.13. The summed E-state index contributed by atoms with van der Waals surface area (Å²) in [6.45, 7) is 19.0. The molecule has 1 nitrogen and oxygen atoms in total. The molecule has 1 heteroatoms. The van der Waals surface area contributed by atoms with E-state index in [0.29, 0.717) is 0 Å². The second kappa shape index (κ2) is 10.3. The minimum atomic E-state index is -0.219. The Kier molecular flexibility index (Phi) is 5.93. The Morgan fingerprint density at radius 3 is 1.52 bits per heavy atom. The average Bonchev–Trinajstić information content (AvgIpc) is 3.50. The van der Waals surface area contributed by atoms with Crippen LogP contribution in [0.1, 0.15) is 77.6 Å². The van der Waals surface area contributed by atoms with Gasteiger partial charge in [0, 0.05) is 16.2 Å². The average molecular weight is 720 g/mol. The van der Waals surface area contributed by atoms with Crippen LogP contribution in [0.2, 0.25) is 0 Å². The van der Waals surface area contributed by atoms with E-state index in [4.69, 9.17) is 0 Å². The number of aromatic nitrogens is 1. The first-order chi connectivity index (χ1) is 26.8. The zero-order valence-electron chi connectivity index (χ0n) is 33.6. The van der Waals surface area contributed by atoms with Crippen molar-refractivity contribution >= 4 is 86.4 Å². The van der Waals surface area contributed by atoms with Gasteiger partial charge in [-0.15, -0.1) is 0 Å². The van der Waals surface area contributed by atoms with Gasteiger partial charge in [0.15, 0.2) is 0 Å². The van der Waals surface area contributed by atoms with Crippen LogP contribution in [0.25, 0.3) is 103 Å². The first-order valence-corrected chi connectivity index (χ1v) is 20.3. The molecule has 0 bridgehead atoms. The molecule has 56 heavy (non-hydrogen) atoms. The zero-order chi connectivity index (χ0) is 38.2. The Morgan fingerprint density at radius 1 is 0.429 bits per heavy atom. The summed E-state index contributed by atoms with van der Waals surface area (Å²) in [6, 6.07) is 49.8. The maximum atomic E-state index is 2.61. The van der Waals surface area contributed by atoms with E-state index in [1.165, 1.54) is 126 Å². The lowest BCUT2D eigenvalue weighted by Crippen LogP contribution is -2.28. The van der Waals surface area contributed by atoms with Gasteiger partial charge >= 0.3 is 0 Å². The van der Waals surface area contributed by atoms with Gasteiger partial charge in [0.25, 0.3) is 0 Å². The first-order valence-electron chi connectivity index (χ1n) is 20.3. The van der Waals surface area contributed by atoms with Crippen molar-refractivity contribution in [3.05, 3.63) is 150 Å². The minimum Gasteiger partial charge on any atom is -0.309 e. The molecule has 0 saturated heterocycles. The molecule has 0 spiro atoms. The summed E-state index contributed by atoms with van der Waals surface area (Å²) in [4.78, 5) is 0. The van der Waals surface area contributed by atoms with Crippen molar-refractivity contribution < 1.29 is 0 Å². The van der Waals surface area contributed by atoms with E-state index in [1.54, 1.807) is 0 Å². The Morgan fingerprint density at radius 2 is 0.929 bits per heavy atom. The molecule has 1 aliphatic heterocycles. The summed E-state index contributed by atoms with van der Waals surface area (Å²) in [5.74, 6) is 0. The van der Waals surface area contributed by atoms with Crippen molar-refractivity contribution in [2.45, 2.75) is 71.6 Å². The highest BCUT2D eigenvalue weighted by atomic mass is 15.0. The fourth-order valence-electron chi connectivity index (χ4n) is 10.7. The lowest BCUT2D eigenvalue weighted by Gasteiger charge is -2.37. The van der Waals surface area contributed by atoms with Crippen LogP contribution in [0.4, 0.5) is 0 Å².